The van der Waals surface area contributed by atoms with Gasteiger partial charge in [0.05, 0.1) is 6.04 Å². The molecule has 1 aromatic heterocycles. The van der Waals surface area contributed by atoms with Crippen molar-refractivity contribution in [1.82, 2.24) is 4.98 Å². The number of aromatic nitrogens is 1. The van der Waals surface area contributed by atoms with E-state index in [1.165, 1.54) is 46.0 Å². The van der Waals surface area contributed by atoms with Crippen molar-refractivity contribution in [2.75, 3.05) is 5.32 Å². The standard InChI is InChI=1S/C19H18N2/c1-13-5-6-14-7-8-19(17(14)11-13)21-18-4-2-3-15-12-20-10-9-16(15)18/h2-6,9-12,19,21H,7-8H2,1H3. The van der Waals surface area contributed by atoms with Gasteiger partial charge in [-0.15, -0.1) is 0 Å². The molecule has 104 valence electrons. The fourth-order valence-corrected chi connectivity index (χ4v) is 3.31. The van der Waals surface area contributed by atoms with E-state index in [9.17, 15) is 0 Å². The van der Waals surface area contributed by atoms with Gasteiger partial charge < -0.3 is 5.32 Å². The Bertz CT molecular complexity index is 802. The van der Waals surface area contributed by atoms with Crippen molar-refractivity contribution < 1.29 is 0 Å². The van der Waals surface area contributed by atoms with Gasteiger partial charge in [0.1, 0.15) is 0 Å². The topological polar surface area (TPSA) is 24.9 Å². The van der Waals surface area contributed by atoms with Crippen LogP contribution in [0.1, 0.15) is 29.2 Å². The van der Waals surface area contributed by atoms with Crippen LogP contribution in [0.15, 0.2) is 54.9 Å². The van der Waals surface area contributed by atoms with Gasteiger partial charge in [-0.25, -0.2) is 0 Å². The van der Waals surface area contributed by atoms with Crippen molar-refractivity contribution in [3.05, 3.63) is 71.5 Å². The highest BCUT2D eigenvalue weighted by Gasteiger charge is 2.22. The van der Waals surface area contributed by atoms with Crippen LogP contribution in [-0.2, 0) is 6.42 Å². The maximum Gasteiger partial charge on any atom is 0.0520 e. The van der Waals surface area contributed by atoms with Crippen molar-refractivity contribution in [2.45, 2.75) is 25.8 Å². The Morgan fingerprint density at radius 2 is 2.10 bits per heavy atom. The molecule has 21 heavy (non-hydrogen) atoms. The van der Waals surface area contributed by atoms with Gasteiger partial charge in [0.15, 0.2) is 0 Å². The van der Waals surface area contributed by atoms with E-state index in [1.54, 1.807) is 0 Å². The van der Waals surface area contributed by atoms with Crippen LogP contribution >= 0.6 is 0 Å². The number of anilines is 1. The van der Waals surface area contributed by atoms with Crippen molar-refractivity contribution in [3.63, 3.8) is 0 Å². The van der Waals surface area contributed by atoms with E-state index in [0.717, 1.165) is 0 Å². The van der Waals surface area contributed by atoms with E-state index < -0.39 is 0 Å². The lowest BCUT2D eigenvalue weighted by atomic mass is 10.0. The van der Waals surface area contributed by atoms with Gasteiger partial charge >= 0.3 is 0 Å². The summed E-state index contributed by atoms with van der Waals surface area (Å²) in [4.78, 5) is 4.21. The monoisotopic (exact) mass is 274 g/mol. The number of pyridine rings is 1. The minimum Gasteiger partial charge on any atom is -0.378 e. The van der Waals surface area contributed by atoms with Crippen molar-refractivity contribution in [2.24, 2.45) is 0 Å². The molecule has 0 bridgehead atoms. The first-order chi connectivity index (χ1) is 10.3. The van der Waals surface area contributed by atoms with Gasteiger partial charge in [0, 0.05) is 28.9 Å². The second-order valence-electron chi connectivity index (χ2n) is 5.84. The van der Waals surface area contributed by atoms with Gasteiger partial charge in [-0.3, -0.25) is 4.98 Å². The highest BCUT2D eigenvalue weighted by molar-refractivity contribution is 5.93. The molecule has 1 unspecified atom stereocenters. The van der Waals surface area contributed by atoms with E-state index in [-0.39, 0.29) is 0 Å². The zero-order valence-corrected chi connectivity index (χ0v) is 12.1. The Hall–Kier alpha value is -2.35. The Balaban J connectivity index is 1.73. The van der Waals surface area contributed by atoms with E-state index in [0.29, 0.717) is 6.04 Å². The summed E-state index contributed by atoms with van der Waals surface area (Å²) in [5, 5.41) is 6.17. The molecule has 0 spiro atoms. The number of nitrogens with one attached hydrogen (secondary N) is 1. The minimum atomic E-state index is 0.415. The lowest BCUT2D eigenvalue weighted by molar-refractivity contribution is 0.763. The molecule has 1 atom stereocenters. The Kier molecular flexibility index (Phi) is 2.88. The summed E-state index contributed by atoms with van der Waals surface area (Å²) in [7, 11) is 0. The van der Waals surface area contributed by atoms with Crippen molar-refractivity contribution >= 4 is 16.5 Å². The van der Waals surface area contributed by atoms with E-state index in [2.05, 4.69) is 59.7 Å². The lowest BCUT2D eigenvalue weighted by Gasteiger charge is -2.17. The lowest BCUT2D eigenvalue weighted by Crippen LogP contribution is -2.07. The van der Waals surface area contributed by atoms with E-state index in [4.69, 9.17) is 0 Å². The molecule has 0 aliphatic heterocycles. The SMILES string of the molecule is Cc1ccc2c(c1)C(Nc1cccc3cnccc13)CC2. The van der Waals surface area contributed by atoms with Crippen LogP contribution in [0.2, 0.25) is 0 Å². The van der Waals surface area contributed by atoms with Gasteiger partial charge in [-0.05, 0) is 43.0 Å². The summed E-state index contributed by atoms with van der Waals surface area (Å²) in [6, 6.07) is 15.7. The highest BCUT2D eigenvalue weighted by Crippen LogP contribution is 2.36. The number of aryl methyl sites for hydroxylation is 2. The Morgan fingerprint density at radius 1 is 1.14 bits per heavy atom. The third-order valence-corrected chi connectivity index (χ3v) is 4.39. The number of hydrogen-bond acceptors (Lipinski definition) is 2. The van der Waals surface area contributed by atoms with Gasteiger partial charge in [-0.1, -0.05) is 35.9 Å². The average Bonchev–Trinajstić information content (AvgIpc) is 2.90. The first kappa shape index (κ1) is 12.4. The second kappa shape index (κ2) is 4.88. The zero-order valence-electron chi connectivity index (χ0n) is 12.1. The summed E-state index contributed by atoms with van der Waals surface area (Å²) in [6.45, 7) is 2.17. The summed E-state index contributed by atoms with van der Waals surface area (Å²) in [5.41, 5.74) is 5.49. The average molecular weight is 274 g/mol. The molecule has 1 aliphatic rings. The molecule has 4 rings (SSSR count). The number of hydrogen-bond donors (Lipinski definition) is 1. The third-order valence-electron chi connectivity index (χ3n) is 4.39. The molecule has 2 aromatic carbocycles. The van der Waals surface area contributed by atoms with E-state index in [1.807, 2.05) is 12.4 Å². The van der Waals surface area contributed by atoms with Crippen LogP contribution in [0.25, 0.3) is 10.8 Å². The molecule has 0 amide bonds. The summed E-state index contributed by atoms with van der Waals surface area (Å²) in [6.07, 6.45) is 6.12. The molecule has 3 aromatic rings. The molecule has 2 heteroatoms. The molecular weight excluding hydrogens is 256 g/mol. The summed E-state index contributed by atoms with van der Waals surface area (Å²) < 4.78 is 0. The van der Waals surface area contributed by atoms with Crippen LogP contribution in [0.4, 0.5) is 5.69 Å². The van der Waals surface area contributed by atoms with Crippen LogP contribution in [0, 0.1) is 6.92 Å². The fraction of sp³-hybridized carbons (Fsp3) is 0.211. The van der Waals surface area contributed by atoms with Gasteiger partial charge in [-0.2, -0.15) is 0 Å². The predicted octanol–water partition coefficient (Wildman–Crippen LogP) is 4.64. The first-order valence-corrected chi connectivity index (χ1v) is 7.50. The molecule has 1 aliphatic carbocycles. The first-order valence-electron chi connectivity index (χ1n) is 7.50. The smallest absolute Gasteiger partial charge is 0.0520 e. The highest BCUT2D eigenvalue weighted by atomic mass is 14.9. The van der Waals surface area contributed by atoms with Crippen LogP contribution < -0.4 is 5.32 Å². The van der Waals surface area contributed by atoms with Gasteiger partial charge in [0.25, 0.3) is 0 Å². The molecule has 0 fully saturated rings. The predicted molar refractivity (Wildman–Crippen MR) is 87.6 cm³/mol. The molecular formula is C19H18N2. The molecule has 1 N–H and O–H groups in total. The molecule has 0 radical (unpaired) electrons. The Labute approximate surface area is 124 Å². The number of fused-ring (bicyclic) bond motifs is 2. The molecule has 0 saturated carbocycles. The largest absolute Gasteiger partial charge is 0.378 e. The Morgan fingerprint density at radius 3 is 3.05 bits per heavy atom. The van der Waals surface area contributed by atoms with Crippen molar-refractivity contribution in [1.29, 1.82) is 0 Å². The number of benzene rings is 2. The molecule has 0 saturated heterocycles. The van der Waals surface area contributed by atoms with Crippen LogP contribution in [-0.4, -0.2) is 4.98 Å². The maximum absolute atomic E-state index is 4.21. The molecule has 2 nitrogen and oxygen atoms in total. The number of rotatable bonds is 2. The summed E-state index contributed by atoms with van der Waals surface area (Å²) >= 11 is 0. The quantitative estimate of drug-likeness (QED) is 0.736. The summed E-state index contributed by atoms with van der Waals surface area (Å²) in [5.74, 6) is 0. The van der Waals surface area contributed by atoms with Gasteiger partial charge in [0.2, 0.25) is 0 Å². The van der Waals surface area contributed by atoms with E-state index >= 15 is 0 Å². The molecule has 1 heterocycles. The van der Waals surface area contributed by atoms with Crippen molar-refractivity contribution in [3.8, 4) is 0 Å². The zero-order chi connectivity index (χ0) is 14.2. The van der Waals surface area contributed by atoms with Crippen LogP contribution in [0.5, 0.6) is 0 Å². The second-order valence-corrected chi connectivity index (χ2v) is 5.84. The maximum atomic E-state index is 4.21. The normalized spacial score (nSPS) is 16.9. The number of nitrogens with zero attached hydrogens (tertiary/aromatic N) is 1. The third kappa shape index (κ3) is 2.17. The fourth-order valence-electron chi connectivity index (χ4n) is 3.31. The minimum absolute atomic E-state index is 0.415. The van der Waals surface area contributed by atoms with Crippen LogP contribution in [0.3, 0.4) is 0 Å².